The molecule has 4 heteroatoms. The van der Waals surface area contributed by atoms with Crippen LogP contribution >= 0.6 is 11.6 Å². The van der Waals surface area contributed by atoms with E-state index in [9.17, 15) is 0 Å². The first-order valence-corrected chi connectivity index (χ1v) is 7.39. The predicted octanol–water partition coefficient (Wildman–Crippen LogP) is 3.96. The molecule has 0 spiro atoms. The van der Waals surface area contributed by atoms with Gasteiger partial charge >= 0.3 is 0 Å². The van der Waals surface area contributed by atoms with Gasteiger partial charge in [-0.05, 0) is 47.8 Å². The number of ether oxygens (including phenoxy) is 1. The summed E-state index contributed by atoms with van der Waals surface area (Å²) in [6.45, 7) is 3.86. The lowest BCUT2D eigenvalue weighted by Gasteiger charge is -2.19. The molecular weight excluding hydrogens is 274 g/mol. The van der Waals surface area contributed by atoms with E-state index < -0.39 is 0 Å². The first kappa shape index (κ1) is 13.5. The van der Waals surface area contributed by atoms with Crippen LogP contribution in [-0.4, -0.2) is 13.2 Å². The molecule has 1 atom stereocenters. The fraction of sp³-hybridized carbons (Fsp3) is 0.375. The van der Waals surface area contributed by atoms with Crippen LogP contribution in [0, 0.1) is 0 Å². The third-order valence-corrected chi connectivity index (χ3v) is 3.91. The van der Waals surface area contributed by atoms with Crippen molar-refractivity contribution in [2.45, 2.75) is 25.8 Å². The maximum absolute atomic E-state index is 6.15. The molecule has 0 radical (unpaired) electrons. The van der Waals surface area contributed by atoms with Crippen molar-refractivity contribution in [3.05, 3.63) is 52.4 Å². The Labute approximate surface area is 123 Å². The molecule has 0 saturated carbocycles. The van der Waals surface area contributed by atoms with Gasteiger partial charge in [-0.15, -0.1) is 0 Å². The van der Waals surface area contributed by atoms with E-state index >= 15 is 0 Å². The Bertz CT molecular complexity index is 594. The number of benzene rings is 1. The Morgan fingerprint density at radius 1 is 1.35 bits per heavy atom. The quantitative estimate of drug-likeness (QED) is 0.905. The number of halogens is 1. The molecule has 3 rings (SSSR count). The summed E-state index contributed by atoms with van der Waals surface area (Å²) in [4.78, 5) is 0. The van der Waals surface area contributed by atoms with Crippen molar-refractivity contribution >= 4 is 11.6 Å². The highest BCUT2D eigenvalue weighted by molar-refractivity contribution is 6.29. The minimum absolute atomic E-state index is 0.0621. The summed E-state index contributed by atoms with van der Waals surface area (Å²) in [5.74, 6) is 1.00. The molecule has 1 N–H and O–H groups in total. The molecule has 0 bridgehead atoms. The summed E-state index contributed by atoms with van der Waals surface area (Å²) < 4.78 is 10.8. The van der Waals surface area contributed by atoms with Gasteiger partial charge in [-0.25, -0.2) is 0 Å². The second kappa shape index (κ2) is 5.90. The van der Waals surface area contributed by atoms with E-state index in [0.29, 0.717) is 5.22 Å². The maximum Gasteiger partial charge on any atom is 0.198 e. The first-order chi connectivity index (χ1) is 9.79. The van der Waals surface area contributed by atoms with Crippen LogP contribution in [-0.2, 0) is 6.42 Å². The van der Waals surface area contributed by atoms with Gasteiger partial charge in [0, 0.05) is 12.0 Å². The lowest BCUT2D eigenvalue weighted by molar-refractivity contribution is 0.357. The first-order valence-electron chi connectivity index (χ1n) is 7.01. The second-order valence-electron chi connectivity index (χ2n) is 5.00. The molecule has 1 aliphatic rings. The number of nitrogens with one attached hydrogen (secondary N) is 1. The predicted molar refractivity (Wildman–Crippen MR) is 79.5 cm³/mol. The Hall–Kier alpha value is -1.45. The fourth-order valence-corrected chi connectivity index (χ4v) is 2.82. The third kappa shape index (κ3) is 2.56. The zero-order valence-electron chi connectivity index (χ0n) is 11.5. The van der Waals surface area contributed by atoms with Gasteiger partial charge in [0.25, 0.3) is 0 Å². The highest BCUT2D eigenvalue weighted by Crippen LogP contribution is 2.33. The molecule has 0 fully saturated rings. The molecular formula is C16H18ClNO2. The van der Waals surface area contributed by atoms with Gasteiger partial charge in [0.15, 0.2) is 5.22 Å². The summed E-state index contributed by atoms with van der Waals surface area (Å²) in [7, 11) is 0. The highest BCUT2D eigenvalue weighted by Gasteiger charge is 2.21. The number of furan rings is 1. The van der Waals surface area contributed by atoms with E-state index in [1.807, 2.05) is 12.1 Å². The summed E-state index contributed by atoms with van der Waals surface area (Å²) in [5.41, 5.74) is 3.45. The fourth-order valence-electron chi connectivity index (χ4n) is 2.59. The van der Waals surface area contributed by atoms with Gasteiger partial charge in [0.2, 0.25) is 0 Å². The van der Waals surface area contributed by atoms with Gasteiger partial charge in [0.1, 0.15) is 5.75 Å². The van der Waals surface area contributed by atoms with E-state index in [1.165, 1.54) is 11.1 Å². The van der Waals surface area contributed by atoms with Crippen molar-refractivity contribution in [1.82, 2.24) is 5.32 Å². The molecule has 2 aromatic rings. The number of rotatable bonds is 5. The van der Waals surface area contributed by atoms with Gasteiger partial charge < -0.3 is 14.5 Å². The molecule has 2 heterocycles. The van der Waals surface area contributed by atoms with Crippen LogP contribution < -0.4 is 10.1 Å². The lowest BCUT2D eigenvalue weighted by atomic mass is 9.98. The van der Waals surface area contributed by atoms with Crippen LogP contribution in [0.15, 0.2) is 34.9 Å². The minimum atomic E-state index is 0.0621. The van der Waals surface area contributed by atoms with Crippen molar-refractivity contribution < 1.29 is 9.15 Å². The van der Waals surface area contributed by atoms with E-state index in [0.717, 1.165) is 37.3 Å². The lowest BCUT2D eigenvalue weighted by Crippen LogP contribution is -2.23. The molecule has 1 aliphatic heterocycles. The molecule has 3 nitrogen and oxygen atoms in total. The van der Waals surface area contributed by atoms with Gasteiger partial charge in [-0.1, -0.05) is 19.1 Å². The van der Waals surface area contributed by atoms with Crippen LogP contribution in [0.25, 0.3) is 0 Å². The maximum atomic E-state index is 6.15. The Balaban J connectivity index is 1.94. The van der Waals surface area contributed by atoms with Crippen LogP contribution in [0.1, 0.15) is 36.1 Å². The van der Waals surface area contributed by atoms with E-state index in [1.54, 1.807) is 6.26 Å². The van der Waals surface area contributed by atoms with Crippen LogP contribution in [0.4, 0.5) is 0 Å². The zero-order valence-corrected chi connectivity index (χ0v) is 12.2. The molecule has 0 saturated heterocycles. The average molecular weight is 292 g/mol. The third-order valence-electron chi connectivity index (χ3n) is 3.60. The summed E-state index contributed by atoms with van der Waals surface area (Å²) >= 11 is 6.15. The largest absolute Gasteiger partial charge is 0.493 e. The normalized spacial score (nSPS) is 14.9. The molecule has 1 aromatic heterocycles. The van der Waals surface area contributed by atoms with Crippen LogP contribution in [0.3, 0.4) is 0 Å². The zero-order chi connectivity index (χ0) is 13.9. The Morgan fingerprint density at radius 2 is 2.25 bits per heavy atom. The van der Waals surface area contributed by atoms with Crippen molar-refractivity contribution in [1.29, 1.82) is 0 Å². The van der Waals surface area contributed by atoms with Gasteiger partial charge in [0.05, 0.1) is 18.9 Å². The van der Waals surface area contributed by atoms with E-state index in [2.05, 4.69) is 24.4 Å². The highest BCUT2D eigenvalue weighted by atomic mass is 35.5. The molecule has 1 unspecified atom stereocenters. The second-order valence-corrected chi connectivity index (χ2v) is 5.35. The number of hydrogen-bond donors (Lipinski definition) is 1. The van der Waals surface area contributed by atoms with Crippen molar-refractivity contribution in [3.8, 4) is 5.75 Å². The smallest absolute Gasteiger partial charge is 0.198 e. The van der Waals surface area contributed by atoms with Crippen LogP contribution in [0.2, 0.25) is 5.22 Å². The summed E-state index contributed by atoms with van der Waals surface area (Å²) in [6, 6.07) is 8.35. The summed E-state index contributed by atoms with van der Waals surface area (Å²) in [5, 5.41) is 3.99. The molecule has 0 amide bonds. The average Bonchev–Trinajstić information content (AvgIpc) is 3.08. The topological polar surface area (TPSA) is 34.4 Å². The van der Waals surface area contributed by atoms with Crippen molar-refractivity contribution in [2.24, 2.45) is 0 Å². The molecule has 1 aromatic carbocycles. The standard InChI is InChI=1S/C16H18ClNO2/c1-2-7-18-15(13-6-9-20-16(13)17)12-3-4-14-11(10-12)5-8-19-14/h3-4,6,9-10,15,18H,2,5,7-8H2,1H3. The van der Waals surface area contributed by atoms with Crippen molar-refractivity contribution in [2.75, 3.05) is 13.2 Å². The minimum Gasteiger partial charge on any atom is -0.493 e. The van der Waals surface area contributed by atoms with E-state index in [4.69, 9.17) is 20.8 Å². The molecule has 0 aliphatic carbocycles. The van der Waals surface area contributed by atoms with Gasteiger partial charge in [-0.2, -0.15) is 0 Å². The Morgan fingerprint density at radius 3 is 3.00 bits per heavy atom. The SMILES string of the molecule is CCCNC(c1ccc2c(c1)CCO2)c1ccoc1Cl. The van der Waals surface area contributed by atoms with Gasteiger partial charge in [-0.3, -0.25) is 0 Å². The monoisotopic (exact) mass is 291 g/mol. The molecule has 20 heavy (non-hydrogen) atoms. The molecule has 106 valence electrons. The Kier molecular flexibility index (Phi) is 3.99. The summed E-state index contributed by atoms with van der Waals surface area (Å²) in [6.07, 6.45) is 3.68. The number of fused-ring (bicyclic) bond motifs is 1. The van der Waals surface area contributed by atoms with Crippen LogP contribution in [0.5, 0.6) is 5.75 Å². The van der Waals surface area contributed by atoms with E-state index in [-0.39, 0.29) is 6.04 Å². The number of hydrogen-bond acceptors (Lipinski definition) is 3. The van der Waals surface area contributed by atoms with Crippen molar-refractivity contribution in [3.63, 3.8) is 0 Å².